The van der Waals surface area contributed by atoms with Gasteiger partial charge in [-0.15, -0.1) is 35.3 Å². The number of hydrogen-bond acceptors (Lipinski definition) is 5. The molecule has 1 aromatic carbocycles. The highest BCUT2D eigenvalue weighted by Gasteiger charge is 2.12. The summed E-state index contributed by atoms with van der Waals surface area (Å²) in [5, 5.41) is 6.38. The van der Waals surface area contributed by atoms with Crippen molar-refractivity contribution in [2.75, 3.05) is 33.5 Å². The summed E-state index contributed by atoms with van der Waals surface area (Å²) in [6.07, 6.45) is 0.0120. The number of ether oxygens (including phenoxy) is 1. The summed E-state index contributed by atoms with van der Waals surface area (Å²) in [7, 11) is 5.44. The van der Waals surface area contributed by atoms with Crippen molar-refractivity contribution in [1.29, 1.82) is 0 Å². The predicted molar refractivity (Wildman–Crippen MR) is 128 cm³/mol. The Morgan fingerprint density at radius 3 is 2.86 bits per heavy atom. The molecular weight excluding hydrogens is 510 g/mol. The lowest BCUT2D eigenvalue weighted by atomic mass is 10.2. The molecule has 28 heavy (non-hydrogen) atoms. The van der Waals surface area contributed by atoms with Crippen molar-refractivity contribution in [2.45, 2.75) is 25.3 Å². The van der Waals surface area contributed by atoms with E-state index in [9.17, 15) is 4.39 Å². The van der Waals surface area contributed by atoms with E-state index in [-0.39, 0.29) is 35.9 Å². The molecule has 0 amide bonds. The van der Waals surface area contributed by atoms with Crippen LogP contribution < -0.4 is 5.32 Å². The second-order valence-corrected chi connectivity index (χ2v) is 8.02. The molecule has 1 heterocycles. The van der Waals surface area contributed by atoms with Gasteiger partial charge in [-0.05, 0) is 18.6 Å². The monoisotopic (exact) mass is 538 g/mol. The summed E-state index contributed by atoms with van der Waals surface area (Å²) >= 11 is 3.31. The fourth-order valence-corrected chi connectivity index (χ4v) is 4.10. The Labute approximate surface area is 192 Å². The van der Waals surface area contributed by atoms with Crippen molar-refractivity contribution in [3.05, 3.63) is 51.7 Å². The maximum atomic E-state index is 13.6. The Hall–Kier alpha value is -0.910. The van der Waals surface area contributed by atoms with Gasteiger partial charge in [0.15, 0.2) is 5.96 Å². The summed E-state index contributed by atoms with van der Waals surface area (Å²) < 4.78 is 18.9. The third-order valence-electron chi connectivity index (χ3n) is 3.99. The lowest BCUT2D eigenvalue weighted by molar-refractivity contribution is 0.119. The highest BCUT2D eigenvalue weighted by molar-refractivity contribution is 14.0. The lowest BCUT2D eigenvalue weighted by Crippen LogP contribution is -2.39. The third-order valence-corrected chi connectivity index (χ3v) is 6.05. The number of guanidine groups is 1. The third kappa shape index (κ3) is 7.84. The Morgan fingerprint density at radius 2 is 2.18 bits per heavy atom. The largest absolute Gasteiger partial charge is 0.375 e. The van der Waals surface area contributed by atoms with E-state index in [4.69, 9.17) is 4.74 Å². The maximum Gasteiger partial charge on any atom is 0.193 e. The topological polar surface area (TPSA) is 49.8 Å². The maximum absolute atomic E-state index is 13.6. The first-order valence-corrected chi connectivity index (χ1v) is 10.8. The van der Waals surface area contributed by atoms with Gasteiger partial charge in [0.25, 0.3) is 0 Å². The van der Waals surface area contributed by atoms with Gasteiger partial charge in [0.2, 0.25) is 0 Å². The van der Waals surface area contributed by atoms with E-state index < -0.39 is 0 Å². The standard InChI is InChI=1S/C19H27FN4OS2.HI/c1-14(25-4)18-23-16(13-27-18)11-24(3)19(21-2)22-9-10-26-12-15-7-5-6-8-17(15)20;/h5-8,13-14H,9-12H2,1-4H3,(H,21,22);1H. The number of rotatable bonds is 9. The van der Waals surface area contributed by atoms with E-state index in [1.165, 1.54) is 6.07 Å². The Bertz CT molecular complexity index is 744. The Morgan fingerprint density at radius 1 is 1.43 bits per heavy atom. The van der Waals surface area contributed by atoms with Gasteiger partial charge in [-0.1, -0.05) is 18.2 Å². The summed E-state index contributed by atoms with van der Waals surface area (Å²) in [4.78, 5) is 11.0. The molecule has 1 atom stereocenters. The zero-order valence-electron chi connectivity index (χ0n) is 16.6. The van der Waals surface area contributed by atoms with Crippen LogP contribution in [0.25, 0.3) is 0 Å². The van der Waals surface area contributed by atoms with Crippen LogP contribution >= 0.6 is 47.1 Å². The molecule has 2 rings (SSSR count). The van der Waals surface area contributed by atoms with Gasteiger partial charge in [0.1, 0.15) is 16.9 Å². The fraction of sp³-hybridized carbons (Fsp3) is 0.474. The predicted octanol–water partition coefficient (Wildman–Crippen LogP) is 4.55. The number of nitrogens with zero attached hydrogens (tertiary/aromatic N) is 3. The van der Waals surface area contributed by atoms with Gasteiger partial charge in [0.05, 0.1) is 12.2 Å². The quantitative estimate of drug-likeness (QED) is 0.220. The van der Waals surface area contributed by atoms with Crippen molar-refractivity contribution < 1.29 is 9.13 Å². The molecule has 1 N–H and O–H groups in total. The van der Waals surface area contributed by atoms with E-state index in [2.05, 4.69) is 20.7 Å². The smallest absolute Gasteiger partial charge is 0.193 e. The molecule has 0 aliphatic rings. The molecule has 0 bridgehead atoms. The number of aliphatic imine (C=N–C) groups is 1. The van der Waals surface area contributed by atoms with Gasteiger partial charge < -0.3 is 15.0 Å². The van der Waals surface area contributed by atoms with Gasteiger partial charge >= 0.3 is 0 Å². The van der Waals surface area contributed by atoms with Gasteiger partial charge in [-0.2, -0.15) is 11.8 Å². The molecule has 9 heteroatoms. The molecule has 156 valence electrons. The van der Waals surface area contributed by atoms with Crippen LogP contribution in [0.5, 0.6) is 0 Å². The van der Waals surface area contributed by atoms with Crippen LogP contribution in [0.1, 0.15) is 29.3 Å². The average Bonchev–Trinajstić information content (AvgIpc) is 3.13. The first-order chi connectivity index (χ1) is 13.0. The molecule has 0 spiro atoms. The fourth-order valence-electron chi connectivity index (χ4n) is 2.42. The number of halogens is 2. The number of hydrogen-bond donors (Lipinski definition) is 1. The van der Waals surface area contributed by atoms with Crippen LogP contribution in [-0.4, -0.2) is 49.3 Å². The summed E-state index contributed by atoms with van der Waals surface area (Å²) in [5.74, 6) is 2.21. The van der Waals surface area contributed by atoms with E-state index in [0.717, 1.165) is 34.5 Å². The van der Waals surface area contributed by atoms with Crippen LogP contribution in [0, 0.1) is 5.82 Å². The number of benzene rings is 1. The lowest BCUT2D eigenvalue weighted by Gasteiger charge is -2.21. The molecule has 0 saturated carbocycles. The molecule has 1 aromatic heterocycles. The summed E-state index contributed by atoms with van der Waals surface area (Å²) in [6, 6.07) is 6.91. The van der Waals surface area contributed by atoms with Crippen LogP contribution in [0.15, 0.2) is 34.6 Å². The Balaban J connectivity index is 0.00000392. The van der Waals surface area contributed by atoms with Crippen molar-refractivity contribution in [2.24, 2.45) is 4.99 Å². The van der Waals surface area contributed by atoms with Gasteiger partial charge in [-0.25, -0.2) is 9.37 Å². The van der Waals surface area contributed by atoms with Crippen LogP contribution in [0.2, 0.25) is 0 Å². The molecule has 0 aliphatic carbocycles. The van der Waals surface area contributed by atoms with Gasteiger partial charge in [-0.3, -0.25) is 4.99 Å². The number of aromatic nitrogens is 1. The molecule has 0 radical (unpaired) electrons. The van der Waals surface area contributed by atoms with Gasteiger partial charge in [0, 0.05) is 44.6 Å². The summed E-state index contributed by atoms with van der Waals surface area (Å²) in [5.41, 5.74) is 1.74. The number of methoxy groups -OCH3 is 1. The zero-order valence-corrected chi connectivity index (χ0v) is 20.6. The van der Waals surface area contributed by atoms with E-state index in [0.29, 0.717) is 12.3 Å². The van der Waals surface area contributed by atoms with E-state index in [1.54, 1.807) is 43.3 Å². The SMILES string of the molecule is CN=C(NCCSCc1ccccc1F)N(C)Cc1csc(C(C)OC)n1.I. The van der Waals surface area contributed by atoms with Crippen molar-refractivity contribution in [3.63, 3.8) is 0 Å². The second-order valence-electron chi connectivity index (χ2n) is 6.03. The Kier molecular flexibility index (Phi) is 12.0. The first-order valence-electron chi connectivity index (χ1n) is 8.75. The second kappa shape index (κ2) is 13.3. The zero-order chi connectivity index (χ0) is 19.6. The minimum absolute atomic E-state index is 0. The average molecular weight is 538 g/mol. The van der Waals surface area contributed by atoms with Crippen molar-refractivity contribution >= 4 is 53.0 Å². The number of thiazole rings is 1. The molecule has 0 aliphatic heterocycles. The van der Waals surface area contributed by atoms with E-state index in [1.807, 2.05) is 31.0 Å². The minimum Gasteiger partial charge on any atom is -0.375 e. The molecule has 0 fully saturated rings. The molecule has 5 nitrogen and oxygen atoms in total. The van der Waals surface area contributed by atoms with Crippen molar-refractivity contribution in [1.82, 2.24) is 15.2 Å². The normalized spacial score (nSPS) is 12.4. The summed E-state index contributed by atoms with van der Waals surface area (Å²) in [6.45, 7) is 3.43. The minimum atomic E-state index is -0.140. The van der Waals surface area contributed by atoms with Crippen LogP contribution in [0.3, 0.4) is 0 Å². The molecular formula is C19H28FIN4OS2. The van der Waals surface area contributed by atoms with Crippen LogP contribution in [0.4, 0.5) is 4.39 Å². The molecule has 2 aromatic rings. The van der Waals surface area contributed by atoms with E-state index >= 15 is 0 Å². The highest BCUT2D eigenvalue weighted by atomic mass is 127. The molecule has 1 unspecified atom stereocenters. The van der Waals surface area contributed by atoms with Crippen LogP contribution in [-0.2, 0) is 17.0 Å². The number of thioether (sulfide) groups is 1. The number of nitrogens with one attached hydrogen (secondary N) is 1. The molecule has 0 saturated heterocycles. The van der Waals surface area contributed by atoms with Crippen molar-refractivity contribution in [3.8, 4) is 0 Å². The highest BCUT2D eigenvalue weighted by Crippen LogP contribution is 2.21. The first kappa shape index (κ1) is 25.1.